The lowest BCUT2D eigenvalue weighted by Gasteiger charge is -2.34. The van der Waals surface area contributed by atoms with Gasteiger partial charge in [0.1, 0.15) is 36.8 Å². The molecule has 36 heavy (non-hydrogen) atoms. The van der Waals surface area contributed by atoms with Crippen LogP contribution in [0, 0.1) is 5.92 Å². The molecular formula is C27H31N5O4. The molecule has 1 N–H and O–H groups in total. The molecule has 0 spiro atoms. The van der Waals surface area contributed by atoms with Gasteiger partial charge in [0.2, 0.25) is 5.91 Å². The van der Waals surface area contributed by atoms with Gasteiger partial charge < -0.3 is 19.7 Å². The summed E-state index contributed by atoms with van der Waals surface area (Å²) >= 11 is 0. The van der Waals surface area contributed by atoms with Crippen LogP contribution in [0.25, 0.3) is 0 Å². The van der Waals surface area contributed by atoms with E-state index in [1.54, 1.807) is 36.3 Å². The number of para-hydroxylation sites is 1. The summed E-state index contributed by atoms with van der Waals surface area (Å²) in [5.74, 6) is 1.19. The number of anilines is 1. The Hall–Kier alpha value is -3.88. The van der Waals surface area contributed by atoms with Gasteiger partial charge in [-0.05, 0) is 49.4 Å². The van der Waals surface area contributed by atoms with E-state index < -0.39 is 6.04 Å². The Bertz CT molecular complexity index is 1200. The van der Waals surface area contributed by atoms with Gasteiger partial charge >= 0.3 is 0 Å². The number of hydrogen-bond donors (Lipinski definition) is 1. The smallest absolute Gasteiger partial charge is 0.258 e. The zero-order valence-electron chi connectivity index (χ0n) is 20.4. The number of benzene rings is 2. The maximum Gasteiger partial charge on any atom is 0.258 e. The van der Waals surface area contributed by atoms with Crippen molar-refractivity contribution in [3.05, 3.63) is 66.7 Å². The Labute approximate surface area is 210 Å². The maximum atomic E-state index is 13.8. The molecule has 1 aliphatic carbocycles. The summed E-state index contributed by atoms with van der Waals surface area (Å²) in [4.78, 5) is 33.0. The standard InChI is InChI=1S/C27H31N5O4/c1-35-25-12-5-3-10-22(25)27(34)32-23-11-4-2-7-19(23)15-24(32)26(33)30-20-8-6-9-21(16-20)36-14-13-31-18-28-17-29-31/h3,5-6,8-10,12,16-19,23-24H,2,4,7,11,13-15H2,1H3,(H,30,33). The van der Waals surface area contributed by atoms with Crippen molar-refractivity contribution in [2.75, 3.05) is 19.0 Å². The number of amides is 2. The van der Waals surface area contributed by atoms with E-state index in [2.05, 4.69) is 15.4 Å². The molecule has 2 fully saturated rings. The average molecular weight is 490 g/mol. The van der Waals surface area contributed by atoms with Gasteiger partial charge in [-0.15, -0.1) is 0 Å². The van der Waals surface area contributed by atoms with E-state index in [1.165, 1.54) is 6.33 Å². The van der Waals surface area contributed by atoms with E-state index in [9.17, 15) is 9.59 Å². The normalized spacial score (nSPS) is 21.0. The molecule has 5 rings (SSSR count). The molecule has 3 unspecified atom stereocenters. The molecule has 188 valence electrons. The van der Waals surface area contributed by atoms with Crippen LogP contribution in [-0.4, -0.2) is 57.3 Å². The molecular weight excluding hydrogens is 458 g/mol. The highest BCUT2D eigenvalue weighted by Crippen LogP contribution is 2.41. The summed E-state index contributed by atoms with van der Waals surface area (Å²) in [5.41, 5.74) is 1.13. The third-order valence-corrected chi connectivity index (χ3v) is 7.12. The van der Waals surface area contributed by atoms with Crippen molar-refractivity contribution in [2.24, 2.45) is 5.92 Å². The van der Waals surface area contributed by atoms with E-state index in [-0.39, 0.29) is 17.9 Å². The van der Waals surface area contributed by atoms with Crippen LogP contribution in [0.5, 0.6) is 11.5 Å². The van der Waals surface area contributed by atoms with Gasteiger partial charge in [0, 0.05) is 17.8 Å². The van der Waals surface area contributed by atoms with Crippen molar-refractivity contribution in [3.63, 3.8) is 0 Å². The van der Waals surface area contributed by atoms with Gasteiger partial charge in [-0.2, -0.15) is 5.10 Å². The minimum absolute atomic E-state index is 0.0679. The molecule has 3 atom stereocenters. The fourth-order valence-electron chi connectivity index (χ4n) is 5.44. The second kappa shape index (κ2) is 10.8. The molecule has 2 heterocycles. The van der Waals surface area contributed by atoms with Gasteiger partial charge in [-0.25, -0.2) is 9.67 Å². The van der Waals surface area contributed by atoms with Crippen LogP contribution in [0.3, 0.4) is 0 Å². The van der Waals surface area contributed by atoms with Crippen LogP contribution in [0.4, 0.5) is 5.69 Å². The number of ether oxygens (including phenoxy) is 2. The minimum atomic E-state index is -0.535. The number of methoxy groups -OCH3 is 1. The first kappa shape index (κ1) is 23.8. The molecule has 3 aromatic rings. The molecule has 1 saturated carbocycles. The molecule has 9 heteroatoms. The van der Waals surface area contributed by atoms with Gasteiger partial charge in [0.25, 0.3) is 5.91 Å². The Balaban J connectivity index is 1.31. The monoisotopic (exact) mass is 489 g/mol. The first-order chi connectivity index (χ1) is 17.6. The first-order valence-electron chi connectivity index (χ1n) is 12.5. The maximum absolute atomic E-state index is 13.8. The van der Waals surface area contributed by atoms with Gasteiger partial charge in [-0.1, -0.05) is 31.0 Å². The molecule has 0 bridgehead atoms. The summed E-state index contributed by atoms with van der Waals surface area (Å²) in [5, 5.41) is 7.09. The van der Waals surface area contributed by atoms with Gasteiger partial charge in [-0.3, -0.25) is 9.59 Å². The fraction of sp³-hybridized carbons (Fsp3) is 0.407. The molecule has 0 radical (unpaired) electrons. The van der Waals surface area contributed by atoms with Crippen LogP contribution in [0.2, 0.25) is 0 Å². The lowest BCUT2D eigenvalue weighted by atomic mass is 9.84. The van der Waals surface area contributed by atoms with E-state index >= 15 is 0 Å². The molecule has 2 amide bonds. The van der Waals surface area contributed by atoms with E-state index in [1.807, 2.05) is 35.2 Å². The number of likely N-dealkylation sites (tertiary alicyclic amines) is 1. The first-order valence-corrected chi connectivity index (χ1v) is 12.5. The predicted octanol–water partition coefficient (Wildman–Crippen LogP) is 3.78. The van der Waals surface area contributed by atoms with Crippen molar-refractivity contribution in [1.82, 2.24) is 19.7 Å². The molecule has 9 nitrogen and oxygen atoms in total. The van der Waals surface area contributed by atoms with E-state index in [0.717, 1.165) is 25.7 Å². The second-order valence-corrected chi connectivity index (χ2v) is 9.30. The number of fused-ring (bicyclic) bond motifs is 1. The average Bonchev–Trinajstić information content (AvgIpc) is 3.56. The van der Waals surface area contributed by atoms with Crippen molar-refractivity contribution >= 4 is 17.5 Å². The van der Waals surface area contributed by atoms with Crippen molar-refractivity contribution in [3.8, 4) is 11.5 Å². The van der Waals surface area contributed by atoms with E-state index in [4.69, 9.17) is 9.47 Å². The SMILES string of the molecule is COc1ccccc1C(=O)N1C(C(=O)Nc2cccc(OCCn3cncn3)c2)CC2CCCCC21. The van der Waals surface area contributed by atoms with Gasteiger partial charge in [0.15, 0.2) is 0 Å². The van der Waals surface area contributed by atoms with Crippen molar-refractivity contribution in [1.29, 1.82) is 0 Å². The number of aromatic nitrogens is 3. The molecule has 2 aliphatic rings. The number of carbonyl (C=O) groups is 2. The largest absolute Gasteiger partial charge is 0.496 e. The zero-order valence-corrected chi connectivity index (χ0v) is 20.4. The number of nitrogens with zero attached hydrogens (tertiary/aromatic N) is 4. The predicted molar refractivity (Wildman–Crippen MR) is 134 cm³/mol. The minimum Gasteiger partial charge on any atom is -0.496 e. The van der Waals surface area contributed by atoms with E-state index in [0.29, 0.717) is 48.2 Å². The summed E-state index contributed by atoms with van der Waals surface area (Å²) in [6.45, 7) is 0.995. The van der Waals surface area contributed by atoms with Gasteiger partial charge in [0.05, 0.1) is 19.2 Å². The van der Waals surface area contributed by atoms with Crippen LogP contribution >= 0.6 is 0 Å². The number of nitrogens with one attached hydrogen (secondary N) is 1. The summed E-state index contributed by atoms with van der Waals surface area (Å²) in [6.07, 6.45) is 7.96. The van der Waals surface area contributed by atoms with Crippen LogP contribution in [0.1, 0.15) is 42.5 Å². The van der Waals surface area contributed by atoms with Crippen LogP contribution < -0.4 is 14.8 Å². The summed E-state index contributed by atoms with van der Waals surface area (Å²) < 4.78 is 13.0. The Morgan fingerprint density at radius 3 is 2.81 bits per heavy atom. The molecule has 1 saturated heterocycles. The fourth-order valence-corrected chi connectivity index (χ4v) is 5.44. The third-order valence-electron chi connectivity index (χ3n) is 7.12. The third kappa shape index (κ3) is 5.05. The highest BCUT2D eigenvalue weighted by molar-refractivity contribution is 6.03. The summed E-state index contributed by atoms with van der Waals surface area (Å²) in [7, 11) is 1.56. The molecule has 1 aliphatic heterocycles. The zero-order chi connectivity index (χ0) is 24.9. The molecule has 1 aromatic heterocycles. The lowest BCUT2D eigenvalue weighted by Crippen LogP contribution is -2.48. The Kier molecular flexibility index (Phi) is 7.16. The highest BCUT2D eigenvalue weighted by Gasteiger charge is 2.48. The van der Waals surface area contributed by atoms with Crippen LogP contribution in [0.15, 0.2) is 61.2 Å². The second-order valence-electron chi connectivity index (χ2n) is 9.30. The van der Waals surface area contributed by atoms with Crippen molar-refractivity contribution < 1.29 is 19.1 Å². The number of hydrogen-bond acceptors (Lipinski definition) is 6. The van der Waals surface area contributed by atoms with Crippen LogP contribution in [-0.2, 0) is 11.3 Å². The lowest BCUT2D eigenvalue weighted by molar-refractivity contribution is -0.120. The van der Waals surface area contributed by atoms with Crippen molar-refractivity contribution in [2.45, 2.75) is 50.7 Å². The Morgan fingerprint density at radius 1 is 1.11 bits per heavy atom. The topological polar surface area (TPSA) is 98.6 Å². The molecule has 2 aromatic carbocycles. The number of carbonyl (C=O) groups excluding carboxylic acids is 2. The highest BCUT2D eigenvalue weighted by atomic mass is 16.5. The number of rotatable bonds is 8. The summed E-state index contributed by atoms with van der Waals surface area (Å²) in [6, 6.07) is 14.1. The Morgan fingerprint density at radius 2 is 1.97 bits per heavy atom. The quantitative estimate of drug-likeness (QED) is 0.517.